The van der Waals surface area contributed by atoms with Gasteiger partial charge in [0.1, 0.15) is 5.82 Å². The number of rotatable bonds is 7. The first-order valence-electron chi connectivity index (χ1n) is 5.31. The lowest BCUT2D eigenvalue weighted by Crippen LogP contribution is -2.28. The second-order valence-corrected chi connectivity index (χ2v) is 3.45. The first kappa shape index (κ1) is 12.7. The zero-order valence-corrected chi connectivity index (χ0v) is 9.72. The van der Waals surface area contributed by atoms with Crippen LogP contribution in [-0.4, -0.2) is 31.8 Å². The van der Waals surface area contributed by atoms with E-state index < -0.39 is 0 Å². The number of ether oxygens (including phenoxy) is 1. The van der Waals surface area contributed by atoms with Crippen molar-refractivity contribution in [2.24, 2.45) is 5.73 Å². The van der Waals surface area contributed by atoms with Gasteiger partial charge in [-0.2, -0.15) is 0 Å². The minimum Gasteiger partial charge on any atom is -0.383 e. The van der Waals surface area contributed by atoms with Gasteiger partial charge < -0.3 is 15.4 Å². The first-order chi connectivity index (χ1) is 7.81. The quantitative estimate of drug-likeness (QED) is 0.702. The molecule has 1 aromatic rings. The Labute approximate surface area is 96.7 Å². The molecule has 1 rings (SSSR count). The van der Waals surface area contributed by atoms with Crippen LogP contribution in [0.2, 0.25) is 0 Å². The van der Waals surface area contributed by atoms with E-state index in [1.165, 1.54) is 0 Å². The van der Waals surface area contributed by atoms with Crippen LogP contribution in [0.25, 0.3) is 0 Å². The highest BCUT2D eigenvalue weighted by Crippen LogP contribution is 2.12. The van der Waals surface area contributed by atoms with Crippen LogP contribution in [0.1, 0.15) is 5.56 Å². The summed E-state index contributed by atoms with van der Waals surface area (Å²) < 4.78 is 5.07. The third-order valence-electron chi connectivity index (χ3n) is 2.28. The zero-order chi connectivity index (χ0) is 11.8. The molecule has 4 nitrogen and oxygen atoms in total. The van der Waals surface area contributed by atoms with Gasteiger partial charge >= 0.3 is 0 Å². The molecule has 0 aliphatic rings. The van der Waals surface area contributed by atoms with E-state index in [2.05, 4.69) is 16.5 Å². The van der Waals surface area contributed by atoms with E-state index in [9.17, 15) is 0 Å². The fraction of sp³-hybridized carbons (Fsp3) is 0.417. The summed E-state index contributed by atoms with van der Waals surface area (Å²) in [6.07, 6.45) is 3.63. The van der Waals surface area contributed by atoms with E-state index >= 15 is 0 Å². The Bertz CT molecular complexity index is 328. The molecule has 0 radical (unpaired) electrons. The molecule has 0 aliphatic carbocycles. The summed E-state index contributed by atoms with van der Waals surface area (Å²) in [5.74, 6) is 0.917. The van der Waals surface area contributed by atoms with Gasteiger partial charge in [0.25, 0.3) is 0 Å². The number of pyridine rings is 1. The predicted octanol–water partition coefficient (Wildman–Crippen LogP) is 1.18. The third kappa shape index (κ3) is 3.64. The molecule has 0 saturated heterocycles. The van der Waals surface area contributed by atoms with Gasteiger partial charge in [-0.15, -0.1) is 6.58 Å². The lowest BCUT2D eigenvalue weighted by atomic mass is 10.2. The van der Waals surface area contributed by atoms with E-state index in [-0.39, 0.29) is 0 Å². The molecule has 0 spiro atoms. The number of anilines is 1. The average molecular weight is 221 g/mol. The van der Waals surface area contributed by atoms with Gasteiger partial charge in [-0.3, -0.25) is 0 Å². The summed E-state index contributed by atoms with van der Waals surface area (Å²) in [4.78, 5) is 6.43. The van der Waals surface area contributed by atoms with E-state index in [1.54, 1.807) is 13.3 Å². The second-order valence-electron chi connectivity index (χ2n) is 3.45. The van der Waals surface area contributed by atoms with Crippen molar-refractivity contribution in [3.8, 4) is 0 Å². The maximum Gasteiger partial charge on any atom is 0.129 e. The number of aromatic nitrogens is 1. The molecule has 0 fully saturated rings. The molecule has 2 N–H and O–H groups in total. The largest absolute Gasteiger partial charge is 0.383 e. The molecule has 16 heavy (non-hydrogen) atoms. The summed E-state index contributed by atoms with van der Waals surface area (Å²) in [5.41, 5.74) is 6.68. The third-order valence-corrected chi connectivity index (χ3v) is 2.28. The van der Waals surface area contributed by atoms with Crippen LogP contribution in [0.4, 0.5) is 5.82 Å². The van der Waals surface area contributed by atoms with Crippen molar-refractivity contribution in [3.63, 3.8) is 0 Å². The molecule has 0 aliphatic heterocycles. The molecule has 4 heteroatoms. The number of hydrogen-bond donors (Lipinski definition) is 1. The summed E-state index contributed by atoms with van der Waals surface area (Å²) in [5, 5.41) is 0. The molecule has 0 amide bonds. The van der Waals surface area contributed by atoms with Crippen LogP contribution in [0.5, 0.6) is 0 Å². The molecule has 0 aromatic carbocycles. The van der Waals surface area contributed by atoms with Gasteiger partial charge in [-0.05, 0) is 17.7 Å². The molecule has 0 unspecified atom stereocenters. The highest BCUT2D eigenvalue weighted by Gasteiger charge is 2.06. The van der Waals surface area contributed by atoms with Gasteiger partial charge in [0.15, 0.2) is 0 Å². The lowest BCUT2D eigenvalue weighted by Gasteiger charge is -2.22. The van der Waals surface area contributed by atoms with E-state index in [0.29, 0.717) is 13.2 Å². The van der Waals surface area contributed by atoms with E-state index in [0.717, 1.165) is 24.5 Å². The number of nitrogens with zero attached hydrogens (tertiary/aromatic N) is 2. The molecular weight excluding hydrogens is 202 g/mol. The second kappa shape index (κ2) is 6.98. The minimum atomic E-state index is 0.529. The molecule has 88 valence electrons. The van der Waals surface area contributed by atoms with Crippen LogP contribution >= 0.6 is 0 Å². The molecular formula is C12H19N3O. The summed E-state index contributed by atoms with van der Waals surface area (Å²) >= 11 is 0. The summed E-state index contributed by atoms with van der Waals surface area (Å²) in [6.45, 7) is 6.49. The highest BCUT2D eigenvalue weighted by molar-refractivity contribution is 5.41. The van der Waals surface area contributed by atoms with Crippen molar-refractivity contribution in [2.45, 2.75) is 6.54 Å². The van der Waals surface area contributed by atoms with E-state index in [4.69, 9.17) is 10.5 Å². The minimum absolute atomic E-state index is 0.529. The Hall–Kier alpha value is -1.39. The van der Waals surface area contributed by atoms with Crippen molar-refractivity contribution >= 4 is 5.82 Å². The standard InChI is InChI=1S/C12H19N3O/c1-3-6-15(7-8-16-2)12-9-11(10-13)4-5-14-12/h3-5,9H,1,6-8,10,13H2,2H3. The Morgan fingerprint density at radius 1 is 1.62 bits per heavy atom. The normalized spacial score (nSPS) is 10.1. The fourth-order valence-electron chi connectivity index (χ4n) is 1.42. The van der Waals surface area contributed by atoms with Crippen molar-refractivity contribution in [1.82, 2.24) is 4.98 Å². The number of hydrogen-bond acceptors (Lipinski definition) is 4. The van der Waals surface area contributed by atoms with Gasteiger partial charge in [-0.25, -0.2) is 4.98 Å². The molecule has 1 aromatic heterocycles. The smallest absolute Gasteiger partial charge is 0.129 e. The van der Waals surface area contributed by atoms with Crippen molar-refractivity contribution in [1.29, 1.82) is 0 Å². The molecule has 0 saturated carbocycles. The monoisotopic (exact) mass is 221 g/mol. The topological polar surface area (TPSA) is 51.4 Å². The van der Waals surface area contributed by atoms with Crippen LogP contribution in [-0.2, 0) is 11.3 Å². The van der Waals surface area contributed by atoms with Crippen LogP contribution in [0, 0.1) is 0 Å². The number of methoxy groups -OCH3 is 1. The fourth-order valence-corrected chi connectivity index (χ4v) is 1.42. The molecule has 0 atom stereocenters. The van der Waals surface area contributed by atoms with Gasteiger partial charge in [0.05, 0.1) is 6.61 Å². The molecule has 0 bridgehead atoms. The number of nitrogens with two attached hydrogens (primary N) is 1. The van der Waals surface area contributed by atoms with E-state index in [1.807, 2.05) is 18.2 Å². The Kier molecular flexibility index (Phi) is 5.53. The SMILES string of the molecule is C=CCN(CCOC)c1cc(CN)ccn1. The van der Waals surface area contributed by atoms with Crippen molar-refractivity contribution in [3.05, 3.63) is 36.5 Å². The maximum atomic E-state index is 5.60. The van der Waals surface area contributed by atoms with Crippen molar-refractivity contribution < 1.29 is 4.74 Å². The summed E-state index contributed by atoms with van der Waals surface area (Å²) in [6, 6.07) is 3.92. The van der Waals surface area contributed by atoms with Crippen LogP contribution in [0.3, 0.4) is 0 Å². The molecule has 1 heterocycles. The first-order valence-corrected chi connectivity index (χ1v) is 5.31. The van der Waals surface area contributed by atoms with Crippen LogP contribution < -0.4 is 10.6 Å². The Morgan fingerprint density at radius 3 is 3.06 bits per heavy atom. The van der Waals surface area contributed by atoms with Gasteiger partial charge in [0.2, 0.25) is 0 Å². The maximum absolute atomic E-state index is 5.60. The highest BCUT2D eigenvalue weighted by atomic mass is 16.5. The Balaban J connectivity index is 2.77. The Morgan fingerprint density at radius 2 is 2.44 bits per heavy atom. The van der Waals surface area contributed by atoms with Gasteiger partial charge in [0, 0.05) is 32.9 Å². The predicted molar refractivity (Wildman–Crippen MR) is 66.4 cm³/mol. The lowest BCUT2D eigenvalue weighted by molar-refractivity contribution is 0.205. The average Bonchev–Trinajstić information content (AvgIpc) is 2.34. The summed E-state index contributed by atoms with van der Waals surface area (Å²) in [7, 11) is 1.69. The van der Waals surface area contributed by atoms with Crippen molar-refractivity contribution in [2.75, 3.05) is 31.7 Å². The van der Waals surface area contributed by atoms with Gasteiger partial charge in [-0.1, -0.05) is 6.08 Å². The van der Waals surface area contributed by atoms with Crippen LogP contribution in [0.15, 0.2) is 31.0 Å². The zero-order valence-electron chi connectivity index (χ0n) is 9.72.